The molecule has 0 fully saturated rings. The zero-order valence-electron chi connectivity index (χ0n) is 10.9. The van der Waals surface area contributed by atoms with Gasteiger partial charge in [-0.15, -0.1) is 11.8 Å². The molecule has 2 aromatic carbocycles. The van der Waals surface area contributed by atoms with E-state index in [2.05, 4.69) is 9.97 Å². The highest BCUT2D eigenvalue weighted by atomic mass is 35.5. The van der Waals surface area contributed by atoms with E-state index < -0.39 is 0 Å². The van der Waals surface area contributed by atoms with Gasteiger partial charge in [-0.1, -0.05) is 53.0 Å². The molecule has 0 N–H and O–H groups in total. The van der Waals surface area contributed by atoms with E-state index in [1.165, 1.54) is 0 Å². The summed E-state index contributed by atoms with van der Waals surface area (Å²) in [4.78, 5) is 10.0. The molecule has 21 heavy (non-hydrogen) atoms. The molecular formula is C15H9Cl3N2S. The fourth-order valence-corrected chi connectivity index (χ4v) is 3.42. The molecule has 0 unspecified atom stereocenters. The lowest BCUT2D eigenvalue weighted by Crippen LogP contribution is -1.94. The second kappa shape index (κ2) is 6.01. The van der Waals surface area contributed by atoms with Crippen molar-refractivity contribution < 1.29 is 0 Å². The number of halogens is 3. The summed E-state index contributed by atoms with van der Waals surface area (Å²) in [5.41, 5.74) is 1.53. The molecule has 3 aromatic rings. The molecule has 1 heterocycles. The number of rotatable bonds is 2. The maximum absolute atomic E-state index is 6.28. The first-order valence-electron chi connectivity index (χ1n) is 6.06. The molecule has 0 saturated carbocycles. The third kappa shape index (κ3) is 2.84. The number of nitrogens with zero attached hydrogens (tertiary/aromatic N) is 2. The van der Waals surface area contributed by atoms with Crippen molar-refractivity contribution in [3.63, 3.8) is 0 Å². The topological polar surface area (TPSA) is 25.8 Å². The fourth-order valence-electron chi connectivity index (χ4n) is 2.07. The maximum atomic E-state index is 6.28. The number of fused-ring (bicyclic) bond motifs is 1. The van der Waals surface area contributed by atoms with Gasteiger partial charge >= 0.3 is 0 Å². The molecular weight excluding hydrogens is 347 g/mol. The molecule has 0 radical (unpaired) electrons. The average Bonchev–Trinajstić information content (AvgIpc) is 2.48. The Hall–Kier alpha value is -1.00. The number of aromatic nitrogens is 2. The summed E-state index contributed by atoms with van der Waals surface area (Å²) in [6.07, 6.45) is 2.01. The van der Waals surface area contributed by atoms with Crippen LogP contribution < -0.4 is 0 Å². The van der Waals surface area contributed by atoms with Crippen LogP contribution in [0.2, 0.25) is 15.2 Å². The Balaban J connectivity index is 2.30. The number of hydrogen-bond acceptors (Lipinski definition) is 3. The minimum Gasteiger partial charge on any atom is -0.226 e. The number of thioether (sulfide) groups is 1. The summed E-state index contributed by atoms with van der Waals surface area (Å²) in [6, 6.07) is 11.3. The molecule has 3 rings (SSSR count). The van der Waals surface area contributed by atoms with E-state index in [0.29, 0.717) is 31.9 Å². The average molecular weight is 356 g/mol. The van der Waals surface area contributed by atoms with Crippen molar-refractivity contribution in [3.05, 3.63) is 51.6 Å². The monoisotopic (exact) mass is 354 g/mol. The lowest BCUT2D eigenvalue weighted by Gasteiger charge is -2.09. The van der Waals surface area contributed by atoms with Gasteiger partial charge in [-0.3, -0.25) is 0 Å². The molecule has 0 aliphatic rings. The van der Waals surface area contributed by atoms with Crippen molar-refractivity contribution in [1.29, 1.82) is 0 Å². The highest BCUT2D eigenvalue weighted by Crippen LogP contribution is 2.34. The van der Waals surface area contributed by atoms with Crippen LogP contribution in [0.5, 0.6) is 0 Å². The Bertz CT molecular complexity index is 837. The van der Waals surface area contributed by atoms with Gasteiger partial charge in [0.25, 0.3) is 0 Å². The molecule has 0 amide bonds. The van der Waals surface area contributed by atoms with E-state index in [-0.39, 0.29) is 0 Å². The predicted octanol–water partition coefficient (Wildman–Crippen LogP) is 5.98. The van der Waals surface area contributed by atoms with E-state index >= 15 is 0 Å². The minimum absolute atomic E-state index is 0.343. The standard InChI is InChI=1S/C15H9Cl3N2S/c1-21-12-5-3-2-4-9(12)15-19-13-10(14(18)20-15)6-8(16)7-11(13)17/h2-7H,1H3. The summed E-state index contributed by atoms with van der Waals surface area (Å²) < 4.78 is 0. The summed E-state index contributed by atoms with van der Waals surface area (Å²) in [7, 11) is 0. The van der Waals surface area contributed by atoms with Crippen molar-refractivity contribution in [1.82, 2.24) is 9.97 Å². The Labute approximate surface area is 141 Å². The molecule has 0 aliphatic carbocycles. The van der Waals surface area contributed by atoms with Crippen molar-refractivity contribution in [3.8, 4) is 11.4 Å². The van der Waals surface area contributed by atoms with Gasteiger partial charge in [-0.25, -0.2) is 9.97 Å². The molecule has 6 heteroatoms. The molecule has 0 aliphatic heterocycles. The highest BCUT2D eigenvalue weighted by molar-refractivity contribution is 7.98. The second-order valence-electron chi connectivity index (χ2n) is 4.32. The van der Waals surface area contributed by atoms with Crippen LogP contribution in [0.3, 0.4) is 0 Å². The van der Waals surface area contributed by atoms with Gasteiger partial charge in [0.2, 0.25) is 0 Å². The zero-order chi connectivity index (χ0) is 15.0. The first-order chi connectivity index (χ1) is 10.1. The van der Waals surface area contributed by atoms with Gasteiger partial charge in [0.1, 0.15) is 5.15 Å². The van der Waals surface area contributed by atoms with Crippen LogP contribution in [0.4, 0.5) is 0 Å². The first kappa shape index (κ1) is 14.9. The van der Waals surface area contributed by atoms with E-state index in [0.717, 1.165) is 10.5 Å². The van der Waals surface area contributed by atoms with Gasteiger partial charge < -0.3 is 0 Å². The summed E-state index contributed by atoms with van der Waals surface area (Å²) in [5, 5.41) is 1.97. The lowest BCUT2D eigenvalue weighted by atomic mass is 10.2. The molecule has 0 atom stereocenters. The summed E-state index contributed by atoms with van der Waals surface area (Å²) in [6.45, 7) is 0. The molecule has 106 valence electrons. The van der Waals surface area contributed by atoms with Crippen molar-refractivity contribution in [2.24, 2.45) is 0 Å². The summed E-state index contributed by atoms with van der Waals surface area (Å²) >= 11 is 20.1. The number of benzene rings is 2. The Kier molecular flexibility index (Phi) is 4.27. The van der Waals surface area contributed by atoms with Gasteiger partial charge in [0.15, 0.2) is 5.82 Å². The third-order valence-corrected chi connectivity index (χ3v) is 4.61. The predicted molar refractivity (Wildman–Crippen MR) is 91.8 cm³/mol. The quantitative estimate of drug-likeness (QED) is 0.418. The van der Waals surface area contributed by atoms with Gasteiger partial charge in [-0.2, -0.15) is 0 Å². The van der Waals surface area contributed by atoms with Crippen molar-refractivity contribution >= 4 is 57.5 Å². The molecule has 2 nitrogen and oxygen atoms in total. The SMILES string of the molecule is CSc1ccccc1-c1nc(Cl)c2cc(Cl)cc(Cl)c2n1. The van der Waals surface area contributed by atoms with Crippen LogP contribution in [0.1, 0.15) is 0 Å². The Morgan fingerprint density at radius 3 is 2.52 bits per heavy atom. The van der Waals surface area contributed by atoms with Gasteiger partial charge in [0, 0.05) is 20.9 Å². The van der Waals surface area contributed by atoms with Gasteiger partial charge in [-0.05, 0) is 24.5 Å². The molecule has 0 spiro atoms. The van der Waals surface area contributed by atoms with E-state index in [1.807, 2.05) is 30.5 Å². The van der Waals surface area contributed by atoms with E-state index in [9.17, 15) is 0 Å². The van der Waals surface area contributed by atoms with Crippen LogP contribution in [0, 0.1) is 0 Å². The summed E-state index contributed by atoms with van der Waals surface area (Å²) in [5.74, 6) is 0.557. The minimum atomic E-state index is 0.343. The lowest BCUT2D eigenvalue weighted by molar-refractivity contribution is 1.20. The third-order valence-electron chi connectivity index (χ3n) is 3.02. The van der Waals surface area contributed by atoms with E-state index in [1.54, 1.807) is 23.9 Å². The Morgan fingerprint density at radius 2 is 1.76 bits per heavy atom. The largest absolute Gasteiger partial charge is 0.226 e. The number of hydrogen-bond donors (Lipinski definition) is 0. The normalized spacial score (nSPS) is 11.0. The fraction of sp³-hybridized carbons (Fsp3) is 0.0667. The van der Waals surface area contributed by atoms with Crippen molar-refractivity contribution in [2.75, 3.05) is 6.26 Å². The maximum Gasteiger partial charge on any atom is 0.162 e. The zero-order valence-corrected chi connectivity index (χ0v) is 14.0. The first-order valence-corrected chi connectivity index (χ1v) is 8.41. The van der Waals surface area contributed by atoms with E-state index in [4.69, 9.17) is 34.8 Å². The van der Waals surface area contributed by atoms with Crippen LogP contribution in [-0.2, 0) is 0 Å². The molecule has 0 bridgehead atoms. The molecule has 1 aromatic heterocycles. The molecule has 0 saturated heterocycles. The van der Waals surface area contributed by atoms with Crippen LogP contribution in [0.15, 0.2) is 41.3 Å². The second-order valence-corrected chi connectivity index (χ2v) is 6.37. The van der Waals surface area contributed by atoms with Crippen LogP contribution in [0.25, 0.3) is 22.3 Å². The Morgan fingerprint density at radius 1 is 1.00 bits per heavy atom. The van der Waals surface area contributed by atoms with Gasteiger partial charge in [0.05, 0.1) is 10.5 Å². The smallest absolute Gasteiger partial charge is 0.162 e. The highest BCUT2D eigenvalue weighted by Gasteiger charge is 2.13. The van der Waals surface area contributed by atoms with Crippen LogP contribution >= 0.6 is 46.6 Å². The van der Waals surface area contributed by atoms with Crippen LogP contribution in [-0.4, -0.2) is 16.2 Å². The van der Waals surface area contributed by atoms with Crippen molar-refractivity contribution in [2.45, 2.75) is 4.90 Å².